The lowest BCUT2D eigenvalue weighted by atomic mass is 9.62. The van der Waals surface area contributed by atoms with E-state index in [-0.39, 0.29) is 35.0 Å². The van der Waals surface area contributed by atoms with Crippen molar-refractivity contribution in [1.29, 1.82) is 0 Å². The summed E-state index contributed by atoms with van der Waals surface area (Å²) in [6.07, 6.45) is 1.26. The number of carbonyl (C=O) groups is 2. The molecule has 5 atom stereocenters. The van der Waals surface area contributed by atoms with Gasteiger partial charge in [-0.05, 0) is 67.0 Å². The second-order valence-corrected chi connectivity index (χ2v) is 12.9. The number of aliphatic hydroxyl groups is 2. The van der Waals surface area contributed by atoms with Crippen LogP contribution in [0.1, 0.15) is 70.4 Å². The molecule has 1 unspecified atom stereocenters. The molecule has 1 spiro atoms. The molecule has 1 fully saturated rings. The first-order valence-electron chi connectivity index (χ1n) is 12.9. The lowest BCUT2D eigenvalue weighted by Gasteiger charge is -2.37. The van der Waals surface area contributed by atoms with Crippen LogP contribution in [0, 0.1) is 11.2 Å². The van der Waals surface area contributed by atoms with Crippen LogP contribution in [0.5, 0.6) is 0 Å². The first kappa shape index (κ1) is 29.0. The van der Waals surface area contributed by atoms with Crippen molar-refractivity contribution in [3.8, 4) is 0 Å². The molecule has 0 aliphatic carbocycles. The molecule has 0 bridgehead atoms. The summed E-state index contributed by atoms with van der Waals surface area (Å²) in [5.74, 6) is -1.77. The van der Waals surface area contributed by atoms with E-state index in [2.05, 4.69) is 31.4 Å². The Morgan fingerprint density at radius 3 is 2.50 bits per heavy atom. The van der Waals surface area contributed by atoms with E-state index >= 15 is 0 Å². The monoisotopic (exact) mass is 564 g/mol. The summed E-state index contributed by atoms with van der Waals surface area (Å²) >= 11 is 12.5. The molecule has 0 saturated carbocycles. The Hall–Kier alpha value is -2.03. The normalized spacial score (nSPS) is 26.3. The van der Waals surface area contributed by atoms with Gasteiger partial charge in [-0.2, -0.15) is 0 Å². The molecule has 4 N–H and O–H groups in total. The van der Waals surface area contributed by atoms with Gasteiger partial charge in [0.15, 0.2) is 0 Å². The smallest absolute Gasteiger partial charge is 0.237 e. The molecule has 2 heterocycles. The maximum absolute atomic E-state index is 14.9. The van der Waals surface area contributed by atoms with Crippen LogP contribution in [-0.2, 0) is 15.0 Å². The van der Waals surface area contributed by atoms with Gasteiger partial charge in [0.25, 0.3) is 0 Å². The van der Waals surface area contributed by atoms with Crippen molar-refractivity contribution >= 4 is 40.6 Å². The standard InChI is InChI=1S/C29H35Cl2FN2O4/c1-27(2,3)14-23-29(18-12-20(32)19(31)13-21(18)33-26(29)37)24(16-7-5-8-17(30)11-16)25(34-23)22(36)9-6-10-28(4,38)15-35/h5,7-8,11-13,23-25,34-35,38H,6,9-10,14-15H2,1-4H3,(H,33,37)/t23-,24+,25+,28?,29+/m1/s1. The van der Waals surface area contributed by atoms with Crippen LogP contribution in [0.2, 0.25) is 10.0 Å². The van der Waals surface area contributed by atoms with Crippen LogP contribution in [0.4, 0.5) is 10.1 Å². The van der Waals surface area contributed by atoms with Gasteiger partial charge in [0.2, 0.25) is 5.91 Å². The first-order chi connectivity index (χ1) is 17.7. The quantitative estimate of drug-likeness (QED) is 0.345. The summed E-state index contributed by atoms with van der Waals surface area (Å²) in [4.78, 5) is 27.9. The molecule has 2 aromatic rings. The molecule has 1 amide bonds. The Bertz CT molecular complexity index is 1250. The first-order valence-corrected chi connectivity index (χ1v) is 13.6. The zero-order valence-electron chi connectivity index (χ0n) is 22.1. The number of ketones is 1. The number of amides is 1. The maximum atomic E-state index is 14.9. The van der Waals surface area contributed by atoms with Gasteiger partial charge in [0, 0.05) is 29.1 Å². The number of halogens is 3. The third-order valence-electron chi connectivity index (χ3n) is 7.73. The highest BCUT2D eigenvalue weighted by atomic mass is 35.5. The zero-order chi connectivity index (χ0) is 28.0. The van der Waals surface area contributed by atoms with Crippen molar-refractivity contribution in [1.82, 2.24) is 5.32 Å². The van der Waals surface area contributed by atoms with Crippen molar-refractivity contribution < 1.29 is 24.2 Å². The average Bonchev–Trinajstić information content (AvgIpc) is 3.28. The largest absolute Gasteiger partial charge is 0.393 e. The second-order valence-electron chi connectivity index (χ2n) is 12.1. The Balaban J connectivity index is 1.87. The number of Topliss-reactive ketones (excluding diaryl/α,β-unsaturated/α-hetero) is 1. The van der Waals surface area contributed by atoms with Crippen molar-refractivity contribution in [2.75, 3.05) is 11.9 Å². The third kappa shape index (κ3) is 5.36. The minimum Gasteiger partial charge on any atom is -0.393 e. The predicted molar refractivity (Wildman–Crippen MR) is 147 cm³/mol. The lowest BCUT2D eigenvalue weighted by molar-refractivity contribution is -0.122. The van der Waals surface area contributed by atoms with Crippen molar-refractivity contribution in [2.24, 2.45) is 5.41 Å². The summed E-state index contributed by atoms with van der Waals surface area (Å²) in [5, 5.41) is 26.4. The number of carbonyl (C=O) groups excluding carboxylic acids is 2. The van der Waals surface area contributed by atoms with E-state index in [0.717, 1.165) is 0 Å². The molecule has 9 heteroatoms. The van der Waals surface area contributed by atoms with Gasteiger partial charge in [0.05, 0.1) is 23.3 Å². The van der Waals surface area contributed by atoms with Crippen LogP contribution in [0.25, 0.3) is 0 Å². The fourth-order valence-corrected chi connectivity index (χ4v) is 6.43. The molecule has 206 valence electrons. The summed E-state index contributed by atoms with van der Waals surface area (Å²) in [6, 6.07) is 8.57. The van der Waals surface area contributed by atoms with Crippen molar-refractivity contribution in [3.05, 3.63) is 63.4 Å². The Morgan fingerprint density at radius 2 is 1.87 bits per heavy atom. The Labute approximate surface area is 232 Å². The van der Waals surface area contributed by atoms with Gasteiger partial charge in [-0.3, -0.25) is 9.59 Å². The molecule has 6 nitrogen and oxygen atoms in total. The van der Waals surface area contributed by atoms with E-state index in [1.165, 1.54) is 19.1 Å². The van der Waals surface area contributed by atoms with Crippen LogP contribution in [0.3, 0.4) is 0 Å². The minimum atomic E-state index is -1.30. The summed E-state index contributed by atoms with van der Waals surface area (Å²) in [6.45, 7) is 7.28. The molecule has 0 radical (unpaired) electrons. The average molecular weight is 566 g/mol. The van der Waals surface area contributed by atoms with E-state index in [9.17, 15) is 24.2 Å². The Morgan fingerprint density at radius 1 is 1.16 bits per heavy atom. The molecule has 2 aliphatic rings. The molecule has 0 aromatic heterocycles. The zero-order valence-corrected chi connectivity index (χ0v) is 23.6. The molecule has 38 heavy (non-hydrogen) atoms. The van der Waals surface area contributed by atoms with Crippen LogP contribution in [-0.4, -0.2) is 46.2 Å². The SMILES string of the molecule is CC(C)(C)C[C@H]1N[C@@H](C(=O)CCCC(C)(O)CO)[C@H](c2cccc(Cl)c2)[C@@]12C(=O)Nc1cc(Cl)c(F)cc12. The highest BCUT2D eigenvalue weighted by Crippen LogP contribution is 2.57. The van der Waals surface area contributed by atoms with E-state index in [1.54, 1.807) is 18.2 Å². The molecule has 4 rings (SSSR count). The van der Waals surface area contributed by atoms with E-state index in [1.807, 2.05) is 6.07 Å². The molecule has 2 aromatic carbocycles. The van der Waals surface area contributed by atoms with Crippen LogP contribution >= 0.6 is 23.2 Å². The van der Waals surface area contributed by atoms with Crippen molar-refractivity contribution in [3.63, 3.8) is 0 Å². The number of benzene rings is 2. The van der Waals surface area contributed by atoms with Crippen molar-refractivity contribution in [2.45, 2.75) is 82.4 Å². The van der Waals surface area contributed by atoms with Crippen LogP contribution < -0.4 is 10.6 Å². The summed E-state index contributed by atoms with van der Waals surface area (Å²) in [7, 11) is 0. The fraction of sp³-hybridized carbons (Fsp3) is 0.517. The number of anilines is 1. The summed E-state index contributed by atoms with van der Waals surface area (Å²) < 4.78 is 14.9. The number of rotatable bonds is 8. The number of nitrogens with one attached hydrogen (secondary N) is 2. The molecule has 1 saturated heterocycles. The number of hydrogen-bond donors (Lipinski definition) is 4. The minimum absolute atomic E-state index is 0.0951. The van der Waals surface area contributed by atoms with Gasteiger partial charge in [-0.15, -0.1) is 0 Å². The van der Waals surface area contributed by atoms with Gasteiger partial charge in [-0.25, -0.2) is 4.39 Å². The second kappa shape index (κ2) is 10.5. The van der Waals surface area contributed by atoms with Gasteiger partial charge < -0.3 is 20.8 Å². The van der Waals surface area contributed by atoms with Gasteiger partial charge in [0.1, 0.15) is 17.0 Å². The van der Waals surface area contributed by atoms with Crippen LogP contribution in [0.15, 0.2) is 36.4 Å². The molecular weight excluding hydrogens is 530 g/mol. The number of hydrogen-bond acceptors (Lipinski definition) is 5. The topological polar surface area (TPSA) is 98.7 Å². The third-order valence-corrected chi connectivity index (χ3v) is 8.26. The number of aliphatic hydroxyl groups excluding tert-OH is 1. The van der Waals surface area contributed by atoms with E-state index in [4.69, 9.17) is 23.2 Å². The lowest BCUT2D eigenvalue weighted by Crippen LogP contribution is -2.49. The molecular formula is C29H35Cl2FN2O4. The van der Waals surface area contributed by atoms with E-state index in [0.29, 0.717) is 34.7 Å². The fourth-order valence-electron chi connectivity index (χ4n) is 6.06. The maximum Gasteiger partial charge on any atom is 0.237 e. The number of fused-ring (bicyclic) bond motifs is 2. The van der Waals surface area contributed by atoms with E-state index < -0.39 is 41.4 Å². The predicted octanol–water partition coefficient (Wildman–Crippen LogP) is 5.37. The highest BCUT2D eigenvalue weighted by Gasteiger charge is 2.65. The van der Waals surface area contributed by atoms with Gasteiger partial charge >= 0.3 is 0 Å². The molecule has 2 aliphatic heterocycles. The summed E-state index contributed by atoms with van der Waals surface area (Å²) in [5.41, 5.74) is -1.21. The Kier molecular flexibility index (Phi) is 8.01. The highest BCUT2D eigenvalue weighted by molar-refractivity contribution is 6.31. The van der Waals surface area contributed by atoms with Gasteiger partial charge in [-0.1, -0.05) is 56.1 Å².